The predicted octanol–water partition coefficient (Wildman–Crippen LogP) is 1.63. The third-order valence-corrected chi connectivity index (χ3v) is 9.49. The van der Waals surface area contributed by atoms with Crippen LogP contribution in [-0.2, 0) is 9.16 Å². The van der Waals surface area contributed by atoms with Crippen molar-refractivity contribution in [3.63, 3.8) is 0 Å². The van der Waals surface area contributed by atoms with Crippen LogP contribution in [0.1, 0.15) is 33.6 Å². The van der Waals surface area contributed by atoms with Gasteiger partial charge < -0.3 is 20.0 Å². The first kappa shape index (κ1) is 14.5. The molecule has 1 heterocycles. The lowest BCUT2D eigenvalue weighted by Gasteiger charge is -2.46. The van der Waals surface area contributed by atoms with Crippen LogP contribution in [0.2, 0.25) is 18.1 Å². The number of fused-ring (bicyclic) bond motifs is 2. The molecule has 3 N–H and O–H groups in total. The van der Waals surface area contributed by atoms with Crippen molar-refractivity contribution in [1.29, 1.82) is 0 Å². The van der Waals surface area contributed by atoms with E-state index in [1.807, 2.05) is 0 Å². The van der Waals surface area contributed by atoms with Crippen LogP contribution in [0.25, 0.3) is 0 Å². The molecule has 4 atom stereocenters. The molecule has 4 nitrogen and oxygen atoms in total. The van der Waals surface area contributed by atoms with Crippen molar-refractivity contribution in [2.75, 3.05) is 6.61 Å². The Morgan fingerprint density at radius 2 is 2.00 bits per heavy atom. The van der Waals surface area contributed by atoms with E-state index in [9.17, 15) is 5.11 Å². The van der Waals surface area contributed by atoms with Crippen molar-refractivity contribution in [1.82, 2.24) is 0 Å². The van der Waals surface area contributed by atoms with E-state index in [-0.39, 0.29) is 17.2 Å². The minimum Gasteiger partial charge on any atom is -0.409 e. The van der Waals surface area contributed by atoms with Gasteiger partial charge >= 0.3 is 0 Å². The summed E-state index contributed by atoms with van der Waals surface area (Å²) in [6.45, 7) is 11.7. The van der Waals surface area contributed by atoms with Crippen LogP contribution in [0.5, 0.6) is 0 Å². The summed E-state index contributed by atoms with van der Waals surface area (Å²) in [6.07, 6.45) is 0.606. The molecule has 1 aliphatic carbocycles. The zero-order chi connectivity index (χ0) is 13.8. The highest BCUT2D eigenvalue weighted by Crippen LogP contribution is 2.45. The van der Waals surface area contributed by atoms with Crippen LogP contribution >= 0.6 is 0 Å². The van der Waals surface area contributed by atoms with Gasteiger partial charge in [-0.3, -0.25) is 0 Å². The van der Waals surface area contributed by atoms with Crippen molar-refractivity contribution >= 4 is 8.32 Å². The fourth-order valence-electron chi connectivity index (χ4n) is 2.63. The highest BCUT2D eigenvalue weighted by molar-refractivity contribution is 6.74. The summed E-state index contributed by atoms with van der Waals surface area (Å²) in [5.74, 6) is 0. The Morgan fingerprint density at radius 3 is 2.50 bits per heavy atom. The molecule has 4 unspecified atom stereocenters. The SMILES string of the molecule is CC(C)(C)[Si](C)(C)OC1C2CC(O)C1(N)CCO2. The first-order valence-electron chi connectivity index (χ1n) is 6.84. The number of aliphatic hydroxyl groups excluding tert-OH is 1. The van der Waals surface area contributed by atoms with Crippen LogP contribution in [0, 0.1) is 0 Å². The van der Waals surface area contributed by atoms with Crippen molar-refractivity contribution in [2.24, 2.45) is 5.73 Å². The van der Waals surface area contributed by atoms with Gasteiger partial charge in [-0.1, -0.05) is 20.8 Å². The third kappa shape index (κ3) is 2.16. The molecular weight excluding hydrogens is 246 g/mol. The summed E-state index contributed by atoms with van der Waals surface area (Å²) in [7, 11) is -1.88. The number of rotatable bonds is 2. The van der Waals surface area contributed by atoms with Gasteiger partial charge in [-0.2, -0.15) is 0 Å². The molecule has 18 heavy (non-hydrogen) atoms. The molecule has 2 fully saturated rings. The van der Waals surface area contributed by atoms with E-state index in [1.54, 1.807) is 0 Å². The molecule has 1 saturated heterocycles. The lowest BCUT2D eigenvalue weighted by Crippen LogP contribution is -2.63. The van der Waals surface area contributed by atoms with Gasteiger partial charge in [0.05, 0.1) is 23.9 Å². The van der Waals surface area contributed by atoms with Crippen molar-refractivity contribution in [3.05, 3.63) is 0 Å². The molecule has 106 valence electrons. The number of ether oxygens (including phenoxy) is 1. The van der Waals surface area contributed by atoms with E-state index in [0.717, 1.165) is 0 Å². The van der Waals surface area contributed by atoms with Gasteiger partial charge in [-0.15, -0.1) is 0 Å². The fourth-order valence-corrected chi connectivity index (χ4v) is 3.99. The molecule has 2 bridgehead atoms. The Kier molecular flexibility index (Phi) is 3.44. The Bertz CT molecular complexity index is 329. The van der Waals surface area contributed by atoms with Gasteiger partial charge in [-0.25, -0.2) is 0 Å². The highest BCUT2D eigenvalue weighted by Gasteiger charge is 2.58. The molecule has 0 aromatic heterocycles. The van der Waals surface area contributed by atoms with Crippen LogP contribution in [0.3, 0.4) is 0 Å². The molecule has 0 amide bonds. The second-order valence-corrected chi connectivity index (χ2v) is 12.1. The maximum absolute atomic E-state index is 10.2. The van der Waals surface area contributed by atoms with Crippen LogP contribution in [0.15, 0.2) is 0 Å². The second-order valence-electron chi connectivity index (χ2n) is 7.32. The number of nitrogens with two attached hydrogens (primary N) is 1. The molecule has 1 aliphatic heterocycles. The van der Waals surface area contributed by atoms with E-state index in [0.29, 0.717) is 19.4 Å². The molecule has 2 aliphatic rings. The molecule has 0 aromatic rings. The maximum atomic E-state index is 10.2. The van der Waals surface area contributed by atoms with E-state index in [2.05, 4.69) is 33.9 Å². The molecule has 0 spiro atoms. The quantitative estimate of drug-likeness (QED) is 0.751. The lowest BCUT2D eigenvalue weighted by atomic mass is 9.89. The zero-order valence-corrected chi connectivity index (χ0v) is 13.2. The molecular formula is C13H27NO3Si. The third-order valence-electron chi connectivity index (χ3n) is 5.04. The summed E-state index contributed by atoms with van der Waals surface area (Å²) in [6, 6.07) is 0. The van der Waals surface area contributed by atoms with Crippen molar-refractivity contribution in [3.8, 4) is 0 Å². The minimum absolute atomic E-state index is 0.0344. The average Bonchev–Trinajstić information content (AvgIpc) is 2.35. The Balaban J connectivity index is 2.20. The minimum atomic E-state index is -1.88. The van der Waals surface area contributed by atoms with Crippen molar-refractivity contribution in [2.45, 2.75) is 75.6 Å². The summed E-state index contributed by atoms with van der Waals surface area (Å²) in [4.78, 5) is 0. The van der Waals surface area contributed by atoms with Gasteiger partial charge in [0.2, 0.25) is 0 Å². The first-order valence-corrected chi connectivity index (χ1v) is 9.75. The maximum Gasteiger partial charge on any atom is 0.192 e. The Labute approximate surface area is 111 Å². The summed E-state index contributed by atoms with van der Waals surface area (Å²) in [5, 5.41) is 10.3. The smallest absolute Gasteiger partial charge is 0.192 e. The first-order chi connectivity index (χ1) is 8.08. The van der Waals surface area contributed by atoms with Gasteiger partial charge in [0.25, 0.3) is 0 Å². The van der Waals surface area contributed by atoms with Crippen molar-refractivity contribution < 1.29 is 14.3 Å². The molecule has 1 saturated carbocycles. The van der Waals surface area contributed by atoms with Gasteiger partial charge in [0.1, 0.15) is 0 Å². The molecule has 0 aromatic carbocycles. The topological polar surface area (TPSA) is 64.7 Å². The van der Waals surface area contributed by atoms with Gasteiger partial charge in [-0.05, 0) is 24.6 Å². The number of hydrogen-bond acceptors (Lipinski definition) is 4. The summed E-state index contributed by atoms with van der Waals surface area (Å²) in [5.41, 5.74) is 5.79. The molecule has 2 rings (SSSR count). The van der Waals surface area contributed by atoms with Crippen LogP contribution in [-0.4, -0.2) is 43.9 Å². The Morgan fingerprint density at radius 1 is 1.39 bits per heavy atom. The lowest BCUT2D eigenvalue weighted by molar-refractivity contribution is -0.0788. The molecule has 5 heteroatoms. The number of aliphatic hydroxyl groups is 1. The van der Waals surface area contributed by atoms with E-state index in [1.165, 1.54) is 0 Å². The van der Waals surface area contributed by atoms with E-state index >= 15 is 0 Å². The zero-order valence-electron chi connectivity index (χ0n) is 12.2. The molecule has 0 radical (unpaired) electrons. The van der Waals surface area contributed by atoms with Gasteiger partial charge in [0.15, 0.2) is 8.32 Å². The predicted molar refractivity (Wildman–Crippen MR) is 74.0 cm³/mol. The second kappa shape index (κ2) is 4.28. The van der Waals surface area contributed by atoms with Crippen LogP contribution < -0.4 is 5.73 Å². The standard InChI is InChI=1S/C13H27NO3Si/c1-12(2,3)18(4,5)17-11-9-8-10(15)13(11,14)6-7-16-9/h9-11,15H,6-8,14H2,1-5H3. The largest absolute Gasteiger partial charge is 0.409 e. The van der Waals surface area contributed by atoms with Gasteiger partial charge in [0, 0.05) is 13.0 Å². The summed E-state index contributed by atoms with van der Waals surface area (Å²) < 4.78 is 12.2. The monoisotopic (exact) mass is 273 g/mol. The number of hydrogen-bond donors (Lipinski definition) is 2. The fraction of sp³-hybridized carbons (Fsp3) is 1.00. The van der Waals surface area contributed by atoms with E-state index in [4.69, 9.17) is 14.9 Å². The normalized spacial score (nSPS) is 41.2. The van der Waals surface area contributed by atoms with E-state index < -0.39 is 20.0 Å². The Hall–Kier alpha value is 0.0569. The van der Waals surface area contributed by atoms with Crippen LogP contribution in [0.4, 0.5) is 0 Å². The average molecular weight is 273 g/mol. The highest BCUT2D eigenvalue weighted by atomic mass is 28.4. The summed E-state index contributed by atoms with van der Waals surface area (Å²) >= 11 is 0.